The number of hydrogen-bond donors (Lipinski definition) is 1. The van der Waals surface area contributed by atoms with Gasteiger partial charge in [0.15, 0.2) is 0 Å². The Labute approximate surface area is 102 Å². The Bertz CT molecular complexity index is 347. The standard InChI is InChI=1S/C13H19FN2O/c1-3-16(4-2)10-9-13(17)15-12-7-5-11(14)6-8-12/h5-8H,3-4,9-10H2,1-2H3,(H,15,17). The predicted molar refractivity (Wildman–Crippen MR) is 67.4 cm³/mol. The summed E-state index contributed by atoms with van der Waals surface area (Å²) in [6.07, 6.45) is 0.457. The van der Waals surface area contributed by atoms with E-state index in [2.05, 4.69) is 24.1 Å². The van der Waals surface area contributed by atoms with Crippen molar-refractivity contribution in [3.05, 3.63) is 30.1 Å². The molecule has 0 aliphatic heterocycles. The largest absolute Gasteiger partial charge is 0.326 e. The van der Waals surface area contributed by atoms with E-state index in [4.69, 9.17) is 0 Å². The molecule has 1 amide bonds. The molecule has 0 bridgehead atoms. The van der Waals surface area contributed by atoms with Crippen LogP contribution in [-0.2, 0) is 4.79 Å². The van der Waals surface area contributed by atoms with Gasteiger partial charge in [-0.25, -0.2) is 4.39 Å². The second kappa shape index (κ2) is 7.01. The Kier molecular flexibility index (Phi) is 5.63. The molecule has 0 spiro atoms. The Morgan fingerprint density at radius 2 is 1.82 bits per heavy atom. The first-order valence-corrected chi connectivity index (χ1v) is 5.93. The number of benzene rings is 1. The fourth-order valence-corrected chi connectivity index (χ4v) is 1.56. The number of anilines is 1. The van der Waals surface area contributed by atoms with Crippen LogP contribution >= 0.6 is 0 Å². The number of carbonyl (C=O) groups excluding carboxylic acids is 1. The van der Waals surface area contributed by atoms with Gasteiger partial charge in [-0.3, -0.25) is 4.79 Å². The molecule has 0 atom stereocenters. The zero-order valence-electron chi connectivity index (χ0n) is 10.4. The second-order valence-electron chi connectivity index (χ2n) is 3.83. The van der Waals surface area contributed by atoms with Gasteiger partial charge in [-0.1, -0.05) is 13.8 Å². The maximum absolute atomic E-state index is 12.7. The lowest BCUT2D eigenvalue weighted by atomic mass is 10.3. The molecular weight excluding hydrogens is 219 g/mol. The Balaban J connectivity index is 2.37. The first kappa shape index (κ1) is 13.6. The summed E-state index contributed by atoms with van der Waals surface area (Å²) in [5.74, 6) is -0.338. The normalized spacial score (nSPS) is 10.6. The van der Waals surface area contributed by atoms with Crippen molar-refractivity contribution >= 4 is 11.6 Å². The fourth-order valence-electron chi connectivity index (χ4n) is 1.56. The van der Waals surface area contributed by atoms with Crippen molar-refractivity contribution in [2.24, 2.45) is 0 Å². The number of amides is 1. The highest BCUT2D eigenvalue weighted by Gasteiger charge is 2.05. The highest BCUT2D eigenvalue weighted by molar-refractivity contribution is 5.90. The van der Waals surface area contributed by atoms with Crippen LogP contribution in [0.15, 0.2) is 24.3 Å². The quantitative estimate of drug-likeness (QED) is 0.825. The van der Waals surface area contributed by atoms with Crippen LogP contribution < -0.4 is 5.32 Å². The van der Waals surface area contributed by atoms with Crippen LogP contribution in [0.2, 0.25) is 0 Å². The number of hydrogen-bond acceptors (Lipinski definition) is 2. The van der Waals surface area contributed by atoms with E-state index in [-0.39, 0.29) is 11.7 Å². The van der Waals surface area contributed by atoms with Crippen molar-refractivity contribution in [2.45, 2.75) is 20.3 Å². The molecule has 0 aromatic heterocycles. The van der Waals surface area contributed by atoms with Gasteiger partial charge in [0.2, 0.25) is 5.91 Å². The average molecular weight is 238 g/mol. The van der Waals surface area contributed by atoms with Gasteiger partial charge in [0.05, 0.1) is 0 Å². The van der Waals surface area contributed by atoms with E-state index in [0.29, 0.717) is 12.1 Å². The third-order valence-corrected chi connectivity index (χ3v) is 2.68. The molecular formula is C13H19FN2O. The lowest BCUT2D eigenvalue weighted by molar-refractivity contribution is -0.116. The number of carbonyl (C=O) groups is 1. The molecule has 1 rings (SSSR count). The lowest BCUT2D eigenvalue weighted by Crippen LogP contribution is -2.27. The monoisotopic (exact) mass is 238 g/mol. The highest BCUT2D eigenvalue weighted by Crippen LogP contribution is 2.08. The minimum atomic E-state index is -0.300. The summed E-state index contributed by atoms with van der Waals surface area (Å²) in [6.45, 7) is 6.78. The summed E-state index contributed by atoms with van der Waals surface area (Å²) in [7, 11) is 0. The van der Waals surface area contributed by atoms with Gasteiger partial charge in [0.25, 0.3) is 0 Å². The van der Waals surface area contributed by atoms with Crippen molar-refractivity contribution in [1.82, 2.24) is 4.90 Å². The summed E-state index contributed by atoms with van der Waals surface area (Å²) in [4.78, 5) is 13.8. The van der Waals surface area contributed by atoms with Crippen LogP contribution in [0.25, 0.3) is 0 Å². The molecule has 0 heterocycles. The van der Waals surface area contributed by atoms with Crippen LogP contribution in [0.1, 0.15) is 20.3 Å². The van der Waals surface area contributed by atoms with Crippen molar-refractivity contribution in [1.29, 1.82) is 0 Å². The molecule has 0 saturated carbocycles. The number of nitrogens with zero attached hydrogens (tertiary/aromatic N) is 1. The molecule has 0 aliphatic rings. The average Bonchev–Trinajstić information content (AvgIpc) is 2.33. The molecule has 0 aliphatic carbocycles. The van der Waals surface area contributed by atoms with Gasteiger partial charge >= 0.3 is 0 Å². The van der Waals surface area contributed by atoms with E-state index in [1.54, 1.807) is 12.1 Å². The summed E-state index contributed by atoms with van der Waals surface area (Å²) in [5.41, 5.74) is 0.635. The highest BCUT2D eigenvalue weighted by atomic mass is 19.1. The lowest BCUT2D eigenvalue weighted by Gasteiger charge is -2.17. The van der Waals surface area contributed by atoms with Gasteiger partial charge < -0.3 is 10.2 Å². The molecule has 1 aromatic carbocycles. The van der Waals surface area contributed by atoms with Gasteiger partial charge in [-0.15, -0.1) is 0 Å². The predicted octanol–water partition coefficient (Wildman–Crippen LogP) is 2.50. The van der Waals surface area contributed by atoms with E-state index in [1.807, 2.05) is 0 Å². The van der Waals surface area contributed by atoms with E-state index < -0.39 is 0 Å². The van der Waals surface area contributed by atoms with Crippen LogP contribution in [-0.4, -0.2) is 30.4 Å². The number of rotatable bonds is 6. The summed E-state index contributed by atoms with van der Waals surface area (Å²) in [5, 5.41) is 2.74. The Morgan fingerprint density at radius 1 is 1.24 bits per heavy atom. The van der Waals surface area contributed by atoms with Gasteiger partial charge in [0.1, 0.15) is 5.82 Å². The SMILES string of the molecule is CCN(CC)CCC(=O)Nc1ccc(F)cc1. The number of nitrogens with one attached hydrogen (secondary N) is 1. The molecule has 0 radical (unpaired) electrons. The smallest absolute Gasteiger partial charge is 0.225 e. The first-order chi connectivity index (χ1) is 8.15. The molecule has 1 aromatic rings. The molecule has 0 unspecified atom stereocenters. The molecule has 94 valence electrons. The summed E-state index contributed by atoms with van der Waals surface area (Å²) in [6, 6.07) is 5.79. The van der Waals surface area contributed by atoms with Crippen molar-refractivity contribution in [2.75, 3.05) is 25.0 Å². The second-order valence-corrected chi connectivity index (χ2v) is 3.83. The zero-order valence-corrected chi connectivity index (χ0v) is 10.4. The molecule has 3 nitrogen and oxygen atoms in total. The van der Waals surface area contributed by atoms with Crippen LogP contribution in [0.5, 0.6) is 0 Å². The minimum Gasteiger partial charge on any atom is -0.326 e. The topological polar surface area (TPSA) is 32.3 Å². The molecule has 0 saturated heterocycles. The number of halogens is 1. The minimum absolute atomic E-state index is 0.0384. The van der Waals surface area contributed by atoms with Gasteiger partial charge in [0, 0.05) is 18.7 Å². The first-order valence-electron chi connectivity index (χ1n) is 5.93. The summed E-state index contributed by atoms with van der Waals surface area (Å²) < 4.78 is 12.7. The van der Waals surface area contributed by atoms with Crippen molar-refractivity contribution in [3.63, 3.8) is 0 Å². The van der Waals surface area contributed by atoms with Crippen molar-refractivity contribution < 1.29 is 9.18 Å². The molecule has 1 N–H and O–H groups in total. The fraction of sp³-hybridized carbons (Fsp3) is 0.462. The van der Waals surface area contributed by atoms with E-state index in [1.165, 1.54) is 12.1 Å². The van der Waals surface area contributed by atoms with E-state index in [0.717, 1.165) is 19.6 Å². The van der Waals surface area contributed by atoms with Crippen LogP contribution in [0.4, 0.5) is 10.1 Å². The van der Waals surface area contributed by atoms with Crippen molar-refractivity contribution in [3.8, 4) is 0 Å². The molecule has 0 fully saturated rings. The third kappa shape index (κ3) is 4.95. The summed E-state index contributed by atoms with van der Waals surface area (Å²) >= 11 is 0. The van der Waals surface area contributed by atoms with Crippen LogP contribution in [0.3, 0.4) is 0 Å². The maximum Gasteiger partial charge on any atom is 0.225 e. The Hall–Kier alpha value is -1.42. The molecule has 4 heteroatoms. The van der Waals surface area contributed by atoms with Gasteiger partial charge in [-0.2, -0.15) is 0 Å². The van der Waals surface area contributed by atoms with E-state index >= 15 is 0 Å². The maximum atomic E-state index is 12.7. The van der Waals surface area contributed by atoms with Crippen LogP contribution in [0, 0.1) is 5.82 Å². The zero-order chi connectivity index (χ0) is 12.7. The van der Waals surface area contributed by atoms with E-state index in [9.17, 15) is 9.18 Å². The van der Waals surface area contributed by atoms with Gasteiger partial charge in [-0.05, 0) is 37.4 Å². The Morgan fingerprint density at radius 3 is 2.35 bits per heavy atom. The third-order valence-electron chi connectivity index (χ3n) is 2.68. The molecule has 17 heavy (non-hydrogen) atoms.